The number of rotatable bonds is 3. The van der Waals surface area contributed by atoms with Gasteiger partial charge in [0.05, 0.1) is 0 Å². The molecule has 0 atom stereocenters. The van der Waals surface area contributed by atoms with Gasteiger partial charge in [-0.3, -0.25) is 9.11 Å². The molecule has 12 heavy (non-hydrogen) atoms. The molecule has 0 spiro atoms. The molecule has 0 amide bonds. The van der Waals surface area contributed by atoms with Gasteiger partial charge < -0.3 is 0 Å². The van der Waals surface area contributed by atoms with Crippen molar-refractivity contribution < 1.29 is 17.5 Å². The van der Waals surface area contributed by atoms with Crippen molar-refractivity contribution >= 4 is 18.3 Å². The zero-order valence-electron chi connectivity index (χ0n) is 7.69. The van der Waals surface area contributed by atoms with Gasteiger partial charge in [-0.15, -0.1) is 7.92 Å². The van der Waals surface area contributed by atoms with E-state index in [2.05, 4.69) is 20.8 Å². The smallest absolute Gasteiger partial charge is 0.264 e. The van der Waals surface area contributed by atoms with Crippen LogP contribution in [0.4, 0.5) is 0 Å². The second-order valence-corrected chi connectivity index (χ2v) is 6.20. The highest BCUT2D eigenvalue weighted by atomic mass is 32.3. The molecule has 2 N–H and O–H groups in total. The first-order valence-corrected chi connectivity index (χ1v) is 7.06. The Morgan fingerprint density at radius 1 is 1.00 bits per heavy atom. The Hall–Kier alpha value is 0.300. The topological polar surface area (TPSA) is 74.6 Å². The van der Waals surface area contributed by atoms with E-state index in [1.54, 1.807) is 0 Å². The maximum absolute atomic E-state index is 8.74. The van der Waals surface area contributed by atoms with Crippen molar-refractivity contribution in [3.8, 4) is 0 Å². The van der Waals surface area contributed by atoms with Gasteiger partial charge in [-0.1, -0.05) is 20.8 Å². The van der Waals surface area contributed by atoms with Gasteiger partial charge in [0, 0.05) is 0 Å². The first-order chi connectivity index (χ1) is 5.35. The Bertz CT molecular complexity index is 160. The van der Waals surface area contributed by atoms with Crippen LogP contribution in [0.15, 0.2) is 0 Å². The molecule has 6 heteroatoms. The SMILES string of the molecule is CCP(CC)CC.O=S(=O)(O)O. The largest absolute Gasteiger partial charge is 0.394 e. The lowest BCUT2D eigenvalue weighted by Gasteiger charge is -2.07. The zero-order chi connectivity index (χ0) is 10.2. The monoisotopic (exact) mass is 216 g/mol. The van der Waals surface area contributed by atoms with Crippen molar-refractivity contribution in [2.45, 2.75) is 20.8 Å². The molecule has 0 rings (SSSR count). The Labute approximate surface area is 75.7 Å². The van der Waals surface area contributed by atoms with Crippen LogP contribution in [0.2, 0.25) is 0 Å². The fourth-order valence-electron chi connectivity index (χ4n) is 0.671. The second kappa shape index (κ2) is 7.92. The summed E-state index contributed by atoms with van der Waals surface area (Å²) in [6.45, 7) is 6.87. The Morgan fingerprint density at radius 2 is 1.17 bits per heavy atom. The van der Waals surface area contributed by atoms with Gasteiger partial charge in [-0.25, -0.2) is 0 Å². The average molecular weight is 216 g/mol. The number of hydrogen-bond acceptors (Lipinski definition) is 2. The molecule has 0 aromatic heterocycles. The van der Waals surface area contributed by atoms with Gasteiger partial charge in [-0.2, -0.15) is 8.42 Å². The van der Waals surface area contributed by atoms with Crippen LogP contribution in [-0.2, 0) is 10.4 Å². The molecule has 0 aromatic carbocycles. The zero-order valence-corrected chi connectivity index (χ0v) is 9.40. The van der Waals surface area contributed by atoms with E-state index in [0.717, 1.165) is 0 Å². The van der Waals surface area contributed by atoms with Crippen LogP contribution in [0.25, 0.3) is 0 Å². The summed E-state index contributed by atoms with van der Waals surface area (Å²) in [7, 11) is -4.22. The molecule has 0 heterocycles. The van der Waals surface area contributed by atoms with Crippen molar-refractivity contribution in [3.05, 3.63) is 0 Å². The Balaban J connectivity index is 0. The normalized spacial score (nSPS) is 10.8. The lowest BCUT2D eigenvalue weighted by Crippen LogP contribution is -1.89. The molecule has 0 radical (unpaired) electrons. The van der Waals surface area contributed by atoms with E-state index in [-0.39, 0.29) is 0 Å². The lowest BCUT2D eigenvalue weighted by atomic mass is 10.9. The molecule has 0 aliphatic carbocycles. The van der Waals surface area contributed by atoms with E-state index in [9.17, 15) is 0 Å². The molecule has 0 aliphatic heterocycles. The van der Waals surface area contributed by atoms with Crippen molar-refractivity contribution in [1.82, 2.24) is 0 Å². The summed E-state index contributed by atoms with van der Waals surface area (Å²) in [4.78, 5) is 0. The first-order valence-electron chi connectivity index (χ1n) is 3.77. The molecule has 0 fully saturated rings. The van der Waals surface area contributed by atoms with Crippen molar-refractivity contribution in [2.24, 2.45) is 0 Å². The maximum atomic E-state index is 8.74. The molecule has 0 aliphatic rings. The molecule has 0 aromatic rings. The number of hydrogen-bond donors (Lipinski definition) is 2. The minimum atomic E-state index is -4.67. The molecule has 4 nitrogen and oxygen atoms in total. The first kappa shape index (κ1) is 14.8. The third-order valence-electron chi connectivity index (χ3n) is 1.34. The predicted molar refractivity (Wildman–Crippen MR) is 52.7 cm³/mol. The van der Waals surface area contributed by atoms with E-state index in [0.29, 0.717) is 7.92 Å². The van der Waals surface area contributed by atoms with Crippen LogP contribution >= 0.6 is 7.92 Å². The highest BCUT2D eigenvalue weighted by Crippen LogP contribution is 2.32. The van der Waals surface area contributed by atoms with Gasteiger partial charge in [0.25, 0.3) is 0 Å². The van der Waals surface area contributed by atoms with Crippen LogP contribution in [0.3, 0.4) is 0 Å². The van der Waals surface area contributed by atoms with E-state index in [1.165, 1.54) is 18.5 Å². The quantitative estimate of drug-likeness (QED) is 0.558. The molecular weight excluding hydrogens is 199 g/mol. The van der Waals surface area contributed by atoms with Crippen LogP contribution in [0.5, 0.6) is 0 Å². The van der Waals surface area contributed by atoms with Crippen LogP contribution in [-0.4, -0.2) is 36.0 Å². The van der Waals surface area contributed by atoms with Gasteiger partial charge in [0.2, 0.25) is 0 Å². The minimum Gasteiger partial charge on any atom is -0.264 e. The van der Waals surface area contributed by atoms with Gasteiger partial charge in [0.1, 0.15) is 0 Å². The summed E-state index contributed by atoms with van der Waals surface area (Å²) in [5, 5.41) is 0. The van der Waals surface area contributed by atoms with E-state index in [1.807, 2.05) is 0 Å². The van der Waals surface area contributed by atoms with Crippen molar-refractivity contribution in [3.63, 3.8) is 0 Å². The second-order valence-electron chi connectivity index (χ2n) is 2.07. The van der Waals surface area contributed by atoms with Crippen molar-refractivity contribution in [2.75, 3.05) is 18.5 Å². The highest BCUT2D eigenvalue weighted by molar-refractivity contribution is 7.79. The van der Waals surface area contributed by atoms with E-state index >= 15 is 0 Å². The lowest BCUT2D eigenvalue weighted by molar-refractivity contribution is 0.381. The molecule has 0 bridgehead atoms. The summed E-state index contributed by atoms with van der Waals surface area (Å²) < 4.78 is 31.6. The highest BCUT2D eigenvalue weighted by Gasteiger charge is 1.94. The van der Waals surface area contributed by atoms with Crippen molar-refractivity contribution in [1.29, 1.82) is 0 Å². The van der Waals surface area contributed by atoms with Gasteiger partial charge in [-0.05, 0) is 18.5 Å². The van der Waals surface area contributed by atoms with Gasteiger partial charge in [0.15, 0.2) is 0 Å². The molecule has 0 unspecified atom stereocenters. The predicted octanol–water partition coefficient (Wildman–Crippen LogP) is 1.88. The van der Waals surface area contributed by atoms with E-state index < -0.39 is 10.4 Å². The summed E-state index contributed by atoms with van der Waals surface area (Å²) >= 11 is 0. The fraction of sp³-hybridized carbons (Fsp3) is 1.00. The summed E-state index contributed by atoms with van der Waals surface area (Å²) in [6, 6.07) is 0. The molecule has 0 saturated carbocycles. The van der Waals surface area contributed by atoms with Crippen LogP contribution in [0, 0.1) is 0 Å². The minimum absolute atomic E-state index is 0.446. The molecule has 0 saturated heterocycles. The molecule has 76 valence electrons. The summed E-state index contributed by atoms with van der Waals surface area (Å²) in [5.41, 5.74) is 0. The fourth-order valence-corrected chi connectivity index (χ4v) is 2.01. The summed E-state index contributed by atoms with van der Waals surface area (Å²) in [6.07, 6.45) is 4.26. The van der Waals surface area contributed by atoms with Crippen LogP contribution < -0.4 is 0 Å². The van der Waals surface area contributed by atoms with Gasteiger partial charge >= 0.3 is 10.4 Å². The third kappa shape index (κ3) is 22.4. The molecular formula is C6H17O4PS. The Morgan fingerprint density at radius 3 is 1.17 bits per heavy atom. The summed E-state index contributed by atoms with van der Waals surface area (Å²) in [5.74, 6) is 0. The average Bonchev–Trinajstić information content (AvgIpc) is 1.88. The van der Waals surface area contributed by atoms with E-state index in [4.69, 9.17) is 17.5 Å². The van der Waals surface area contributed by atoms with Crippen LogP contribution in [0.1, 0.15) is 20.8 Å². The standard InChI is InChI=1S/C6H15P.H2O4S/c1-4-7(5-2)6-3;1-5(2,3)4/h4-6H2,1-3H3;(H2,1,2,3,4). The Kier molecular flexibility index (Phi) is 9.78. The maximum Gasteiger partial charge on any atom is 0.394 e. The third-order valence-corrected chi connectivity index (χ3v) is 4.02.